The number of ether oxygens (including phenoxy) is 11. The summed E-state index contributed by atoms with van der Waals surface area (Å²) in [5.74, 6) is -1.87. The van der Waals surface area contributed by atoms with Gasteiger partial charge >= 0.3 is 5.97 Å². The Bertz CT molecular complexity index is 2290. The molecule has 0 saturated carbocycles. The first kappa shape index (κ1) is 46.0. The van der Waals surface area contributed by atoms with Crippen LogP contribution in [-0.4, -0.2) is 81.4 Å². The zero-order chi connectivity index (χ0) is 44.8. The summed E-state index contributed by atoms with van der Waals surface area (Å²) in [7, 11) is 1.60. The molecular weight excluding hydrogens is 837 g/mol. The average Bonchev–Trinajstić information content (AvgIpc) is 3.38. The fourth-order valence-corrected chi connectivity index (χ4v) is 8.68. The van der Waals surface area contributed by atoms with Gasteiger partial charge in [0, 0.05) is 7.11 Å². The second kappa shape index (κ2) is 23.1. The Morgan fingerprint density at radius 3 is 1.29 bits per heavy atom. The minimum absolute atomic E-state index is 0.0465. The third-order valence-electron chi connectivity index (χ3n) is 12.0. The first-order valence-electron chi connectivity index (χ1n) is 22.7. The number of methoxy groups -OCH3 is 1. The summed E-state index contributed by atoms with van der Waals surface area (Å²) < 4.78 is 75.2. The summed E-state index contributed by atoms with van der Waals surface area (Å²) in [5, 5.41) is 0. The minimum atomic E-state index is -1.87. The maximum Gasteiger partial charge on any atom is 0.314 e. The summed E-state index contributed by atoms with van der Waals surface area (Å²) in [5.41, 5.74) is 5.91. The van der Waals surface area contributed by atoms with Gasteiger partial charge in [-0.2, -0.15) is 0 Å². The monoisotopic (exact) mass is 894 g/mol. The van der Waals surface area contributed by atoms with Crippen molar-refractivity contribution in [3.8, 4) is 0 Å². The fourth-order valence-electron chi connectivity index (χ4n) is 8.68. The molecule has 0 amide bonds. The van der Waals surface area contributed by atoms with Crippen LogP contribution in [0.5, 0.6) is 0 Å². The number of fused-ring (bicyclic) bond motifs is 1. The summed E-state index contributed by atoms with van der Waals surface area (Å²) in [4.78, 5) is 0. The molecule has 11 nitrogen and oxygen atoms in total. The largest absolute Gasteiger partial charge is 0.374 e. The first-order chi connectivity index (χ1) is 32.6. The van der Waals surface area contributed by atoms with Crippen LogP contribution in [0.1, 0.15) is 33.4 Å². The van der Waals surface area contributed by atoms with Crippen LogP contribution in [-0.2, 0) is 91.7 Å². The summed E-state index contributed by atoms with van der Waals surface area (Å²) in [6.07, 6.45) is -6.97. The van der Waals surface area contributed by atoms with E-state index < -0.39 is 61.1 Å². The van der Waals surface area contributed by atoms with E-state index in [1.165, 1.54) is 0 Å². The lowest BCUT2D eigenvalue weighted by molar-refractivity contribution is -0.517. The molecule has 6 aromatic carbocycles. The van der Waals surface area contributed by atoms with Gasteiger partial charge in [0.15, 0.2) is 12.4 Å². The van der Waals surface area contributed by atoms with Crippen LogP contribution in [0.3, 0.4) is 0 Å². The standard InChI is InChI=1S/C55H58O11/c1-56-54-52(61-36-44-28-16-6-17-29-44)50(59-34-42-24-12-4-13-25-42)49-46(64-54)39-63-55(66-49)53(62-37-45-30-18-7-19-31-45)51(60-35-43-26-14-5-15-27-43)48(58-33-41-22-10-3-11-23-41)47(65-55)38-57-32-40-20-8-2-9-21-40/h2-31,46-54H,32-39H2,1H3/t46-,47-,48-,49-,50+,51+,52-,53-,54+,55-/m1/s1. The molecule has 3 heterocycles. The van der Waals surface area contributed by atoms with E-state index in [1.54, 1.807) is 7.11 Å². The van der Waals surface area contributed by atoms with Gasteiger partial charge in [0.2, 0.25) is 0 Å². The van der Waals surface area contributed by atoms with Crippen LogP contribution < -0.4 is 0 Å². The lowest BCUT2D eigenvalue weighted by Gasteiger charge is -2.57. The Labute approximate surface area is 387 Å². The third-order valence-corrected chi connectivity index (χ3v) is 12.0. The molecule has 0 radical (unpaired) electrons. The maximum atomic E-state index is 7.34. The van der Waals surface area contributed by atoms with Crippen molar-refractivity contribution in [3.05, 3.63) is 215 Å². The Morgan fingerprint density at radius 1 is 0.439 bits per heavy atom. The van der Waals surface area contributed by atoms with Crippen LogP contribution >= 0.6 is 0 Å². The van der Waals surface area contributed by atoms with Crippen LogP contribution in [0.25, 0.3) is 0 Å². The van der Waals surface area contributed by atoms with Crippen molar-refractivity contribution in [1.29, 1.82) is 0 Å². The van der Waals surface area contributed by atoms with Crippen molar-refractivity contribution < 1.29 is 52.1 Å². The summed E-state index contributed by atoms with van der Waals surface area (Å²) in [6, 6.07) is 60.1. The summed E-state index contributed by atoms with van der Waals surface area (Å²) in [6.45, 7) is 1.79. The molecule has 66 heavy (non-hydrogen) atoms. The highest BCUT2D eigenvalue weighted by atomic mass is 16.9. The van der Waals surface area contributed by atoms with Crippen LogP contribution in [0.4, 0.5) is 0 Å². The Morgan fingerprint density at radius 2 is 0.833 bits per heavy atom. The zero-order valence-electron chi connectivity index (χ0n) is 37.2. The lowest BCUT2D eigenvalue weighted by atomic mass is 9.93. The second-order valence-electron chi connectivity index (χ2n) is 16.7. The molecule has 344 valence electrons. The van der Waals surface area contributed by atoms with E-state index in [0.717, 1.165) is 33.4 Å². The summed E-state index contributed by atoms with van der Waals surface area (Å²) >= 11 is 0. The van der Waals surface area contributed by atoms with Crippen LogP contribution in [0.2, 0.25) is 0 Å². The molecule has 9 rings (SSSR count). The molecule has 10 atom stereocenters. The molecular formula is C55H58O11. The van der Waals surface area contributed by atoms with Gasteiger partial charge in [0.05, 0.1) is 52.9 Å². The van der Waals surface area contributed by atoms with Gasteiger partial charge in [0.25, 0.3) is 0 Å². The molecule has 3 aliphatic rings. The molecule has 1 spiro atoms. The molecule has 0 bridgehead atoms. The Hall–Kier alpha value is -5.12. The molecule has 0 unspecified atom stereocenters. The van der Waals surface area contributed by atoms with Gasteiger partial charge in [-0.3, -0.25) is 0 Å². The Kier molecular flexibility index (Phi) is 16.1. The molecule has 3 saturated heterocycles. The van der Waals surface area contributed by atoms with Gasteiger partial charge in [-0.15, -0.1) is 0 Å². The van der Waals surface area contributed by atoms with Crippen molar-refractivity contribution in [2.75, 3.05) is 20.3 Å². The number of rotatable bonds is 20. The highest BCUT2D eigenvalue weighted by Crippen LogP contribution is 2.45. The number of hydrogen-bond acceptors (Lipinski definition) is 11. The lowest BCUT2D eigenvalue weighted by Crippen LogP contribution is -2.75. The number of hydrogen-bond donors (Lipinski definition) is 0. The Balaban J connectivity index is 1.10. The van der Waals surface area contributed by atoms with E-state index in [4.69, 9.17) is 52.1 Å². The van der Waals surface area contributed by atoms with E-state index in [2.05, 4.69) is 0 Å². The molecule has 3 fully saturated rings. The van der Waals surface area contributed by atoms with E-state index >= 15 is 0 Å². The highest BCUT2D eigenvalue weighted by molar-refractivity contribution is 5.18. The van der Waals surface area contributed by atoms with Gasteiger partial charge in [-0.05, 0) is 33.4 Å². The fraction of sp³-hybridized carbons (Fsp3) is 0.345. The van der Waals surface area contributed by atoms with Gasteiger partial charge < -0.3 is 52.1 Å². The molecule has 0 aliphatic carbocycles. The van der Waals surface area contributed by atoms with Crippen molar-refractivity contribution in [3.63, 3.8) is 0 Å². The maximum absolute atomic E-state index is 7.34. The predicted octanol–water partition coefficient (Wildman–Crippen LogP) is 8.97. The van der Waals surface area contributed by atoms with Crippen molar-refractivity contribution >= 4 is 0 Å². The van der Waals surface area contributed by atoms with Gasteiger partial charge in [0.1, 0.15) is 42.7 Å². The van der Waals surface area contributed by atoms with E-state index in [0.29, 0.717) is 6.61 Å². The molecule has 0 N–H and O–H groups in total. The molecule has 0 aromatic heterocycles. The van der Waals surface area contributed by atoms with Gasteiger partial charge in [-0.1, -0.05) is 182 Å². The normalized spacial score (nSPS) is 27.3. The van der Waals surface area contributed by atoms with Crippen molar-refractivity contribution in [1.82, 2.24) is 0 Å². The average molecular weight is 895 g/mol. The van der Waals surface area contributed by atoms with Crippen LogP contribution in [0, 0.1) is 0 Å². The molecule has 3 aliphatic heterocycles. The predicted molar refractivity (Wildman–Crippen MR) is 245 cm³/mol. The van der Waals surface area contributed by atoms with Crippen LogP contribution in [0.15, 0.2) is 182 Å². The number of benzene rings is 6. The first-order valence-corrected chi connectivity index (χ1v) is 22.7. The van der Waals surface area contributed by atoms with Crippen molar-refractivity contribution in [2.24, 2.45) is 0 Å². The van der Waals surface area contributed by atoms with Gasteiger partial charge in [-0.25, -0.2) is 0 Å². The highest BCUT2D eigenvalue weighted by Gasteiger charge is 2.65. The molecule has 6 aromatic rings. The molecule has 11 heteroatoms. The minimum Gasteiger partial charge on any atom is -0.374 e. The smallest absolute Gasteiger partial charge is 0.314 e. The SMILES string of the molecule is CO[C@H]1O[C@@H]2CO[C@@]3(O[C@H]2[C@H](OCc2ccccc2)[C@H]1OCc1ccccc1)O[C@H](COCc1ccccc1)[C@@H](OCc1ccccc1)[C@H](OCc1ccccc1)[C@H]3OCc1ccccc1. The third kappa shape index (κ3) is 11.7. The zero-order valence-corrected chi connectivity index (χ0v) is 37.2. The quantitative estimate of drug-likeness (QED) is 0.0735. The van der Waals surface area contributed by atoms with Crippen molar-refractivity contribution in [2.45, 2.75) is 101 Å². The van der Waals surface area contributed by atoms with E-state index in [-0.39, 0.29) is 46.2 Å². The second-order valence-corrected chi connectivity index (χ2v) is 16.7. The van der Waals surface area contributed by atoms with E-state index in [9.17, 15) is 0 Å². The topological polar surface area (TPSA) is 102 Å². The van der Waals surface area contributed by atoms with E-state index in [1.807, 2.05) is 182 Å².